The van der Waals surface area contributed by atoms with E-state index in [9.17, 15) is 14.4 Å². The van der Waals surface area contributed by atoms with Crippen LogP contribution in [0, 0.1) is 0 Å². The highest BCUT2D eigenvalue weighted by Gasteiger charge is 2.32. The molecule has 1 aromatic rings. The van der Waals surface area contributed by atoms with E-state index in [1.165, 1.54) is 7.11 Å². The summed E-state index contributed by atoms with van der Waals surface area (Å²) in [6.45, 7) is 5.25. The van der Waals surface area contributed by atoms with E-state index < -0.39 is 24.0 Å². The van der Waals surface area contributed by atoms with Gasteiger partial charge in [-0.3, -0.25) is 0 Å². The van der Waals surface area contributed by atoms with Crippen LogP contribution in [0.25, 0.3) is 0 Å². The van der Waals surface area contributed by atoms with Crippen LogP contribution in [0.15, 0.2) is 29.5 Å². The molecule has 0 aromatic heterocycles. The van der Waals surface area contributed by atoms with Crippen molar-refractivity contribution in [2.45, 2.75) is 26.8 Å². The molecule has 1 heterocycles. The third-order valence-corrected chi connectivity index (χ3v) is 3.94. The predicted octanol–water partition coefficient (Wildman–Crippen LogP) is 1.83. The number of amides is 2. The summed E-state index contributed by atoms with van der Waals surface area (Å²) in [7, 11) is 1.45. The van der Waals surface area contributed by atoms with Crippen LogP contribution in [0.2, 0.25) is 0 Å². The quantitative estimate of drug-likeness (QED) is 0.649. The molecule has 0 aliphatic carbocycles. The van der Waals surface area contributed by atoms with Gasteiger partial charge in [-0.1, -0.05) is 6.07 Å². The van der Waals surface area contributed by atoms with Gasteiger partial charge >= 0.3 is 18.0 Å². The van der Waals surface area contributed by atoms with Crippen molar-refractivity contribution in [3.63, 3.8) is 0 Å². The summed E-state index contributed by atoms with van der Waals surface area (Å²) < 4.78 is 20.7. The molecule has 2 N–H and O–H groups in total. The summed E-state index contributed by atoms with van der Waals surface area (Å²) in [5, 5.41) is 5.29. The van der Waals surface area contributed by atoms with Gasteiger partial charge in [-0.25, -0.2) is 14.4 Å². The van der Waals surface area contributed by atoms with E-state index in [0.29, 0.717) is 28.3 Å². The monoisotopic (exact) mass is 392 g/mol. The fraction of sp³-hybridized carbons (Fsp3) is 0.421. The fourth-order valence-electron chi connectivity index (χ4n) is 2.75. The fourth-order valence-corrected chi connectivity index (χ4v) is 2.75. The number of benzene rings is 1. The number of carbonyl (C=O) groups is 3. The SMILES string of the molecule is CCOC(=O)COc1ccc([C@@H]2NC(=O)NC(C)=C2C(=O)OCC)cc1OC. The molecular formula is C19H24N2O7. The zero-order valence-corrected chi connectivity index (χ0v) is 16.3. The van der Waals surface area contributed by atoms with Crippen LogP contribution in [0.1, 0.15) is 32.4 Å². The van der Waals surface area contributed by atoms with Gasteiger partial charge in [0.25, 0.3) is 0 Å². The molecule has 0 spiro atoms. The van der Waals surface area contributed by atoms with Crippen LogP contribution < -0.4 is 20.1 Å². The van der Waals surface area contributed by atoms with Crippen LogP contribution in [-0.2, 0) is 19.1 Å². The van der Waals surface area contributed by atoms with E-state index in [0.717, 1.165) is 0 Å². The van der Waals surface area contributed by atoms with E-state index in [1.54, 1.807) is 39.0 Å². The maximum Gasteiger partial charge on any atom is 0.344 e. The molecule has 28 heavy (non-hydrogen) atoms. The smallest absolute Gasteiger partial charge is 0.344 e. The lowest BCUT2D eigenvalue weighted by Crippen LogP contribution is -2.45. The minimum Gasteiger partial charge on any atom is -0.493 e. The molecule has 152 valence electrons. The molecule has 1 aromatic carbocycles. The van der Waals surface area contributed by atoms with E-state index in [2.05, 4.69) is 10.6 Å². The van der Waals surface area contributed by atoms with Crippen molar-refractivity contribution in [1.29, 1.82) is 0 Å². The number of hydrogen-bond acceptors (Lipinski definition) is 7. The molecule has 0 bridgehead atoms. The Morgan fingerprint density at radius 3 is 2.46 bits per heavy atom. The molecular weight excluding hydrogens is 368 g/mol. The maximum atomic E-state index is 12.4. The van der Waals surface area contributed by atoms with Crippen molar-refractivity contribution in [3.8, 4) is 11.5 Å². The Balaban J connectivity index is 2.32. The van der Waals surface area contributed by atoms with Crippen LogP contribution >= 0.6 is 0 Å². The number of esters is 2. The Hall–Kier alpha value is -3.23. The van der Waals surface area contributed by atoms with Crippen molar-refractivity contribution in [2.24, 2.45) is 0 Å². The lowest BCUT2D eigenvalue weighted by molar-refractivity contribution is -0.145. The lowest BCUT2D eigenvalue weighted by atomic mass is 9.95. The van der Waals surface area contributed by atoms with Gasteiger partial charge in [0.15, 0.2) is 18.1 Å². The van der Waals surface area contributed by atoms with Gasteiger partial charge in [0, 0.05) is 5.70 Å². The first-order valence-corrected chi connectivity index (χ1v) is 8.82. The molecule has 0 saturated heterocycles. The lowest BCUT2D eigenvalue weighted by Gasteiger charge is -2.28. The molecule has 0 fully saturated rings. The Kier molecular flexibility index (Phi) is 7.25. The van der Waals surface area contributed by atoms with Crippen LogP contribution in [0.4, 0.5) is 4.79 Å². The molecule has 2 amide bonds. The molecule has 1 atom stereocenters. The third-order valence-electron chi connectivity index (χ3n) is 3.94. The highest BCUT2D eigenvalue weighted by Crippen LogP contribution is 2.34. The average Bonchev–Trinajstić information content (AvgIpc) is 2.66. The maximum absolute atomic E-state index is 12.4. The Bertz CT molecular complexity index is 788. The summed E-state index contributed by atoms with van der Waals surface area (Å²) in [4.78, 5) is 35.8. The van der Waals surface area contributed by atoms with Crippen molar-refractivity contribution in [3.05, 3.63) is 35.0 Å². The van der Waals surface area contributed by atoms with Crippen molar-refractivity contribution in [1.82, 2.24) is 10.6 Å². The molecule has 1 aliphatic rings. The molecule has 9 nitrogen and oxygen atoms in total. The summed E-state index contributed by atoms with van der Waals surface area (Å²) in [6.07, 6.45) is 0. The first-order valence-electron chi connectivity index (χ1n) is 8.82. The Morgan fingerprint density at radius 1 is 1.11 bits per heavy atom. The predicted molar refractivity (Wildman–Crippen MR) is 98.9 cm³/mol. The number of rotatable bonds is 8. The standard InChI is InChI=1S/C19H24N2O7/c1-5-26-15(22)10-28-13-8-7-12(9-14(13)25-4)17-16(18(23)27-6-2)11(3)20-19(24)21-17/h7-9,17H,5-6,10H2,1-4H3,(H2,20,21,24)/t17-/m0/s1. The van der Waals surface area contributed by atoms with Crippen molar-refractivity contribution < 1.29 is 33.3 Å². The second-order valence-electron chi connectivity index (χ2n) is 5.79. The van der Waals surface area contributed by atoms with E-state index in [1.807, 2.05) is 0 Å². The zero-order valence-electron chi connectivity index (χ0n) is 16.3. The van der Waals surface area contributed by atoms with Crippen molar-refractivity contribution in [2.75, 3.05) is 26.9 Å². The topological polar surface area (TPSA) is 112 Å². The Labute approximate surface area is 163 Å². The average molecular weight is 392 g/mol. The normalized spacial score (nSPS) is 16.0. The molecule has 1 aliphatic heterocycles. The molecule has 0 saturated carbocycles. The first kappa shape index (κ1) is 21.1. The minimum absolute atomic E-state index is 0.209. The molecule has 9 heteroatoms. The van der Waals surface area contributed by atoms with Gasteiger partial charge in [0.2, 0.25) is 0 Å². The van der Waals surface area contributed by atoms with Gasteiger partial charge in [0.1, 0.15) is 0 Å². The number of allylic oxidation sites excluding steroid dienone is 1. The van der Waals surface area contributed by atoms with E-state index in [4.69, 9.17) is 18.9 Å². The van der Waals surface area contributed by atoms with Crippen LogP contribution in [-0.4, -0.2) is 44.9 Å². The molecule has 0 unspecified atom stereocenters. The second kappa shape index (κ2) is 9.63. The van der Waals surface area contributed by atoms with Crippen LogP contribution in [0.3, 0.4) is 0 Å². The minimum atomic E-state index is -0.721. The summed E-state index contributed by atoms with van der Waals surface area (Å²) in [5.74, 6) is -0.352. The number of urea groups is 1. The summed E-state index contributed by atoms with van der Waals surface area (Å²) >= 11 is 0. The van der Waals surface area contributed by atoms with Gasteiger partial charge in [-0.15, -0.1) is 0 Å². The van der Waals surface area contributed by atoms with Gasteiger partial charge in [-0.05, 0) is 38.5 Å². The third kappa shape index (κ3) is 4.93. The zero-order chi connectivity index (χ0) is 20.7. The largest absolute Gasteiger partial charge is 0.493 e. The number of nitrogens with one attached hydrogen (secondary N) is 2. The molecule has 2 rings (SSSR count). The number of hydrogen-bond donors (Lipinski definition) is 2. The number of carbonyl (C=O) groups excluding carboxylic acids is 3. The van der Waals surface area contributed by atoms with Gasteiger partial charge in [-0.2, -0.15) is 0 Å². The van der Waals surface area contributed by atoms with Gasteiger partial charge in [0.05, 0.1) is 31.9 Å². The van der Waals surface area contributed by atoms with E-state index >= 15 is 0 Å². The summed E-state index contributed by atoms with van der Waals surface area (Å²) in [5.41, 5.74) is 1.30. The second-order valence-corrected chi connectivity index (χ2v) is 5.79. The summed E-state index contributed by atoms with van der Waals surface area (Å²) in [6, 6.07) is 3.74. The Morgan fingerprint density at radius 2 is 1.82 bits per heavy atom. The molecule has 0 radical (unpaired) electrons. The van der Waals surface area contributed by atoms with Gasteiger partial charge < -0.3 is 29.6 Å². The number of methoxy groups -OCH3 is 1. The van der Waals surface area contributed by atoms with Crippen LogP contribution in [0.5, 0.6) is 11.5 Å². The highest BCUT2D eigenvalue weighted by atomic mass is 16.6. The first-order chi connectivity index (χ1) is 13.4. The van der Waals surface area contributed by atoms with E-state index in [-0.39, 0.29) is 19.8 Å². The number of ether oxygens (including phenoxy) is 4. The van der Waals surface area contributed by atoms with Crippen molar-refractivity contribution >= 4 is 18.0 Å². The highest BCUT2D eigenvalue weighted by molar-refractivity contribution is 5.95.